The van der Waals surface area contributed by atoms with Gasteiger partial charge in [-0.25, -0.2) is 0 Å². The number of nitrogens with one attached hydrogen (secondary N) is 1. The van der Waals surface area contributed by atoms with Gasteiger partial charge in [-0.3, -0.25) is 14.9 Å². The molecule has 68 valence electrons. The van der Waals surface area contributed by atoms with Crippen LogP contribution in [0, 0.1) is 11.3 Å². The molecule has 1 aliphatic rings. The molecule has 12 heavy (non-hydrogen) atoms. The normalized spacial score (nSPS) is 46.8. The van der Waals surface area contributed by atoms with Gasteiger partial charge in [-0.05, 0) is 11.8 Å². The van der Waals surface area contributed by atoms with Gasteiger partial charge in [-0.2, -0.15) is 0 Å². The Morgan fingerprint density at radius 1 is 1.58 bits per heavy atom. The Hall–Kier alpha value is -0.860. The highest BCUT2D eigenvalue weighted by Gasteiger charge is 2.35. The number of imide groups is 1. The van der Waals surface area contributed by atoms with E-state index in [1.807, 2.05) is 5.32 Å². The molecule has 2 amide bonds. The largest absolute Gasteiger partial charge is 0.296 e. The Labute approximate surface area is 78.1 Å². The molecular formula is C9H15NO2. The van der Waals surface area contributed by atoms with E-state index in [9.17, 15) is 9.59 Å². The minimum absolute atomic E-state index is 0.903. The highest BCUT2D eigenvalue weighted by molar-refractivity contribution is 5.98. The summed E-state index contributed by atoms with van der Waals surface area (Å²) in [5.41, 5.74) is -0.933. The lowest BCUT2D eigenvalue weighted by Crippen LogP contribution is -2.45. The number of rotatable bonds is 0. The average Bonchev–Trinajstić information content (AvgIpc) is 2.11. The predicted molar refractivity (Wildman–Crippen MR) is 45.3 cm³/mol. The summed E-state index contributed by atoms with van der Waals surface area (Å²) in [6.45, 7) is 4.73. The minimum atomic E-state index is -2.52. The number of piperidine rings is 1. The second-order valence-electron chi connectivity index (χ2n) is 3.74. The molecule has 0 radical (unpaired) electrons. The lowest BCUT2D eigenvalue weighted by atomic mass is 9.76. The number of carbonyl (C=O) groups is 2. The molecule has 0 aromatic carbocycles. The molecule has 1 N–H and O–H groups in total. The Morgan fingerprint density at radius 2 is 2.17 bits per heavy atom. The third-order valence-corrected chi connectivity index (χ3v) is 1.63. The summed E-state index contributed by atoms with van der Waals surface area (Å²) in [5.74, 6) is -4.02. The first-order chi connectivity index (χ1) is 6.95. The van der Waals surface area contributed by atoms with E-state index in [-0.39, 0.29) is 0 Å². The van der Waals surface area contributed by atoms with Crippen molar-refractivity contribution < 1.29 is 15.1 Å². The predicted octanol–water partition coefficient (Wildman–Crippen LogP) is 1.09. The van der Waals surface area contributed by atoms with Crippen molar-refractivity contribution in [2.75, 3.05) is 0 Å². The monoisotopic (exact) mass is 173 g/mol. The first-order valence-corrected chi connectivity index (χ1v) is 3.74. The molecule has 1 aliphatic heterocycles. The Balaban J connectivity index is 3.31. The third kappa shape index (κ3) is 1.84. The zero-order valence-electron chi connectivity index (χ0n) is 11.4. The van der Waals surface area contributed by atoms with Crippen LogP contribution in [-0.2, 0) is 9.59 Å². The highest BCUT2D eigenvalue weighted by atomic mass is 16.2. The van der Waals surface area contributed by atoms with Crippen molar-refractivity contribution in [3.63, 3.8) is 0 Å². The average molecular weight is 173 g/mol. The van der Waals surface area contributed by atoms with Crippen LogP contribution >= 0.6 is 0 Å². The van der Waals surface area contributed by atoms with Crippen molar-refractivity contribution in [2.45, 2.75) is 33.5 Å². The third-order valence-electron chi connectivity index (χ3n) is 1.63. The van der Waals surface area contributed by atoms with Crippen molar-refractivity contribution in [2.24, 2.45) is 11.3 Å². The molecule has 2 unspecified atom stereocenters. The van der Waals surface area contributed by atoms with Crippen molar-refractivity contribution in [3.05, 3.63) is 0 Å². The van der Waals surface area contributed by atoms with Crippen molar-refractivity contribution in [3.8, 4) is 0 Å². The second kappa shape index (κ2) is 2.88. The van der Waals surface area contributed by atoms with Crippen LogP contribution in [0.25, 0.3) is 0 Å². The van der Waals surface area contributed by atoms with E-state index in [2.05, 4.69) is 0 Å². The summed E-state index contributed by atoms with van der Waals surface area (Å²) in [7, 11) is 0. The van der Waals surface area contributed by atoms with Gasteiger partial charge in [0.1, 0.15) is 0 Å². The number of amides is 2. The van der Waals surface area contributed by atoms with E-state index >= 15 is 0 Å². The maximum atomic E-state index is 11.7. The van der Waals surface area contributed by atoms with Gasteiger partial charge >= 0.3 is 0 Å². The molecule has 0 spiro atoms. The summed E-state index contributed by atoms with van der Waals surface area (Å²) in [6.07, 6.45) is -4.26. The lowest BCUT2D eigenvalue weighted by molar-refractivity contribution is -0.139. The summed E-state index contributed by atoms with van der Waals surface area (Å²) in [5, 5.41) is 1.84. The number of hydrogen-bond donors (Lipinski definition) is 1. The number of hydrogen-bond acceptors (Lipinski definition) is 2. The first kappa shape index (κ1) is 5.00. The Bertz CT molecular complexity index is 350. The molecule has 1 saturated heterocycles. The molecule has 1 fully saturated rings. The molecule has 0 bridgehead atoms. The van der Waals surface area contributed by atoms with E-state index in [0.717, 1.165) is 0 Å². The molecule has 0 aliphatic carbocycles. The van der Waals surface area contributed by atoms with Crippen LogP contribution < -0.4 is 5.32 Å². The zero-order chi connectivity index (χ0) is 12.9. The maximum Gasteiger partial charge on any atom is 0.230 e. The fourth-order valence-electron chi connectivity index (χ4n) is 0.967. The van der Waals surface area contributed by atoms with Gasteiger partial charge in [-0.15, -0.1) is 0 Å². The van der Waals surface area contributed by atoms with Gasteiger partial charge in [0.05, 0.1) is 0 Å². The topological polar surface area (TPSA) is 46.2 Å². The van der Waals surface area contributed by atoms with Gasteiger partial charge in [0, 0.05) is 17.7 Å². The fourth-order valence-corrected chi connectivity index (χ4v) is 0.967. The Kier molecular flexibility index (Phi) is 1.20. The minimum Gasteiger partial charge on any atom is -0.296 e. The smallest absolute Gasteiger partial charge is 0.230 e. The van der Waals surface area contributed by atoms with Crippen molar-refractivity contribution in [1.82, 2.24) is 5.32 Å². The van der Waals surface area contributed by atoms with Crippen LogP contribution in [0.4, 0.5) is 0 Å². The maximum absolute atomic E-state index is 11.7. The van der Waals surface area contributed by atoms with E-state index in [0.29, 0.717) is 0 Å². The second-order valence-corrected chi connectivity index (χ2v) is 3.74. The number of carbonyl (C=O) groups excluding carboxylic acids is 2. The SMILES string of the molecule is [2H]C1C([2H])([2H])C(=O)NC(=O)C1([2H])C(C)(C)C. The van der Waals surface area contributed by atoms with Gasteiger partial charge in [0.25, 0.3) is 0 Å². The molecular weight excluding hydrogens is 154 g/mol. The Morgan fingerprint density at radius 3 is 2.67 bits per heavy atom. The van der Waals surface area contributed by atoms with E-state index in [1.165, 1.54) is 0 Å². The summed E-state index contributed by atoms with van der Waals surface area (Å²) >= 11 is 0. The van der Waals surface area contributed by atoms with Gasteiger partial charge in [0.15, 0.2) is 0 Å². The van der Waals surface area contributed by atoms with Crippen LogP contribution in [0.2, 0.25) is 0 Å². The van der Waals surface area contributed by atoms with Crippen LogP contribution in [0.1, 0.15) is 39.0 Å². The molecule has 1 rings (SSSR count). The molecule has 3 heteroatoms. The zero-order valence-corrected chi connectivity index (χ0v) is 7.39. The van der Waals surface area contributed by atoms with Crippen molar-refractivity contribution in [1.29, 1.82) is 0 Å². The standard InChI is InChI=1S/C9H15NO2/c1-9(2,3)6-4-5-7(11)10-8(6)12/h6H,4-5H2,1-3H3,(H,10,11,12)/i4D,5D2,6D. The first-order valence-electron chi connectivity index (χ1n) is 5.81. The van der Waals surface area contributed by atoms with E-state index in [4.69, 9.17) is 5.48 Å². The van der Waals surface area contributed by atoms with E-state index in [1.54, 1.807) is 20.8 Å². The lowest BCUT2D eigenvalue weighted by Gasteiger charge is -2.31. The van der Waals surface area contributed by atoms with E-state index < -0.39 is 35.9 Å². The van der Waals surface area contributed by atoms with Crippen LogP contribution in [0.15, 0.2) is 0 Å². The van der Waals surface area contributed by atoms with Crippen LogP contribution in [0.5, 0.6) is 0 Å². The molecule has 2 atom stereocenters. The fraction of sp³-hybridized carbons (Fsp3) is 0.778. The summed E-state index contributed by atoms with van der Waals surface area (Å²) in [4.78, 5) is 22.9. The van der Waals surface area contributed by atoms with Gasteiger partial charge < -0.3 is 0 Å². The molecule has 3 nitrogen and oxygen atoms in total. The molecule has 1 heterocycles. The van der Waals surface area contributed by atoms with Crippen molar-refractivity contribution >= 4 is 11.8 Å². The van der Waals surface area contributed by atoms with Gasteiger partial charge in [0.2, 0.25) is 11.8 Å². The molecule has 0 aromatic rings. The summed E-state index contributed by atoms with van der Waals surface area (Å²) < 4.78 is 30.7. The quantitative estimate of drug-likeness (QED) is 0.557. The molecule has 0 aromatic heterocycles. The highest BCUT2D eigenvalue weighted by Crippen LogP contribution is 2.31. The van der Waals surface area contributed by atoms with Crippen LogP contribution in [-0.4, -0.2) is 11.8 Å². The summed E-state index contributed by atoms with van der Waals surface area (Å²) in [6, 6.07) is 0. The van der Waals surface area contributed by atoms with Gasteiger partial charge in [-0.1, -0.05) is 20.8 Å². The van der Waals surface area contributed by atoms with Crippen LogP contribution in [0.3, 0.4) is 0 Å². The molecule has 0 saturated carbocycles.